The normalized spacial score (nSPS) is 22.7. The first-order chi connectivity index (χ1) is 17.2. The van der Waals surface area contributed by atoms with Crippen molar-refractivity contribution in [2.45, 2.75) is 57.4 Å². The number of aryl methyl sites for hydroxylation is 2. The number of nitrogens with zero attached hydrogens (tertiary/aromatic N) is 3. The van der Waals surface area contributed by atoms with Crippen LogP contribution >= 0.6 is 22.7 Å². The number of carbonyl (C=O) groups is 1. The lowest BCUT2D eigenvalue weighted by atomic mass is 9.91. The molecule has 0 radical (unpaired) electrons. The molecule has 5 rings (SSSR count). The van der Waals surface area contributed by atoms with E-state index in [1.807, 2.05) is 18.7 Å². The van der Waals surface area contributed by atoms with Crippen molar-refractivity contribution >= 4 is 49.6 Å². The van der Waals surface area contributed by atoms with Crippen molar-refractivity contribution in [3.05, 3.63) is 33.0 Å². The smallest absolute Gasteiger partial charge is 0.263 e. The molecule has 3 aromatic heterocycles. The molecule has 4 heterocycles. The third-order valence-electron chi connectivity index (χ3n) is 6.81. The minimum Gasteiger partial charge on any atom is -0.396 e. The predicted molar refractivity (Wildman–Crippen MR) is 141 cm³/mol. The number of thiazole rings is 1. The van der Waals surface area contributed by atoms with E-state index in [1.54, 1.807) is 13.2 Å². The Morgan fingerprint density at radius 2 is 2.17 bits per heavy atom. The number of halogens is 1. The van der Waals surface area contributed by atoms with Crippen LogP contribution < -0.4 is 21.7 Å². The van der Waals surface area contributed by atoms with E-state index in [2.05, 4.69) is 15.3 Å². The van der Waals surface area contributed by atoms with Crippen LogP contribution in [0.15, 0.2) is 6.07 Å². The molecule has 1 fully saturated rings. The highest BCUT2D eigenvalue weighted by atomic mass is 32.1. The van der Waals surface area contributed by atoms with E-state index in [0.29, 0.717) is 55.3 Å². The Hall–Kier alpha value is -2.38. The summed E-state index contributed by atoms with van der Waals surface area (Å²) in [5.41, 5.74) is 14.6. The van der Waals surface area contributed by atoms with Crippen LogP contribution in [0.25, 0.3) is 9.53 Å². The molecule has 4 atom stereocenters. The number of nitrogens with one attached hydrogen (secondary N) is 1. The fraction of sp³-hybridized carbons (Fsp3) is 0.542. The van der Waals surface area contributed by atoms with Crippen molar-refractivity contribution in [2.75, 3.05) is 37.4 Å². The minimum absolute atomic E-state index is 0.0352. The Morgan fingerprint density at radius 1 is 1.36 bits per heavy atom. The number of carbonyl (C=O) groups excluding carboxylic acids is 1. The van der Waals surface area contributed by atoms with Gasteiger partial charge in [-0.15, -0.1) is 22.7 Å². The van der Waals surface area contributed by atoms with E-state index in [4.69, 9.17) is 20.9 Å². The van der Waals surface area contributed by atoms with Gasteiger partial charge in [0, 0.05) is 31.9 Å². The molecule has 2 aliphatic rings. The van der Waals surface area contributed by atoms with E-state index in [0.717, 1.165) is 25.8 Å². The molecule has 5 N–H and O–H groups in total. The lowest BCUT2D eigenvalue weighted by Gasteiger charge is -2.27. The van der Waals surface area contributed by atoms with Crippen LogP contribution in [0.2, 0.25) is 0 Å². The van der Waals surface area contributed by atoms with Gasteiger partial charge in [-0.2, -0.15) is 0 Å². The maximum absolute atomic E-state index is 15.2. The van der Waals surface area contributed by atoms with Gasteiger partial charge in [-0.3, -0.25) is 4.79 Å². The van der Waals surface area contributed by atoms with Gasteiger partial charge < -0.3 is 31.2 Å². The van der Waals surface area contributed by atoms with Crippen molar-refractivity contribution < 1.29 is 18.7 Å². The molecule has 3 aromatic rings. The van der Waals surface area contributed by atoms with Gasteiger partial charge in [0.25, 0.3) is 5.91 Å². The van der Waals surface area contributed by atoms with E-state index in [1.165, 1.54) is 22.7 Å². The first-order valence-corrected chi connectivity index (χ1v) is 13.7. The number of amides is 1. The average molecular weight is 535 g/mol. The fourth-order valence-electron chi connectivity index (χ4n) is 4.77. The van der Waals surface area contributed by atoms with Crippen LogP contribution in [0.4, 0.5) is 15.9 Å². The SMILES string of the molecule is COC(C)COC1CN(c2nc3c(cc2F)CC(NC(=O)c2sc4nc(C)sc4c2N)CC3)CC1N. The number of rotatable bonds is 7. The second-order valence-electron chi connectivity index (χ2n) is 9.51. The van der Waals surface area contributed by atoms with Crippen molar-refractivity contribution in [2.24, 2.45) is 5.73 Å². The van der Waals surface area contributed by atoms with E-state index in [9.17, 15) is 4.79 Å². The molecule has 36 heavy (non-hydrogen) atoms. The van der Waals surface area contributed by atoms with Crippen LogP contribution in [0.1, 0.15) is 39.3 Å². The Balaban J connectivity index is 1.24. The summed E-state index contributed by atoms with van der Waals surface area (Å²) in [6, 6.07) is 1.20. The molecule has 1 saturated heterocycles. The standard InChI is InChI=1S/C24H31FN6O3S2/c1-11(33-3)10-34-18-9-31(8-16(18)26)22-15(25)7-13-6-14(4-5-17(13)30-22)29-23(32)20-19(27)21-24(36-20)28-12(2)35-21/h7,11,14,16,18H,4-6,8-10,26-27H2,1-3H3,(H,29,32). The zero-order valence-electron chi connectivity index (χ0n) is 20.5. The van der Waals surface area contributed by atoms with Gasteiger partial charge in [0.2, 0.25) is 0 Å². The largest absolute Gasteiger partial charge is 0.396 e. The predicted octanol–water partition coefficient (Wildman–Crippen LogP) is 2.64. The van der Waals surface area contributed by atoms with Gasteiger partial charge in [0.05, 0.1) is 40.3 Å². The van der Waals surface area contributed by atoms with Gasteiger partial charge in [0.1, 0.15) is 9.71 Å². The number of nitrogen functional groups attached to an aromatic ring is 1. The third kappa shape index (κ3) is 4.92. The van der Waals surface area contributed by atoms with Crippen LogP contribution in [-0.4, -0.2) is 67.0 Å². The summed E-state index contributed by atoms with van der Waals surface area (Å²) in [4.78, 5) is 25.2. The Bertz CT molecular complexity index is 1280. The lowest BCUT2D eigenvalue weighted by molar-refractivity contribution is -0.0166. The maximum Gasteiger partial charge on any atom is 0.263 e. The summed E-state index contributed by atoms with van der Waals surface area (Å²) in [6.07, 6.45) is 1.63. The van der Waals surface area contributed by atoms with Crippen molar-refractivity contribution in [1.29, 1.82) is 0 Å². The quantitative estimate of drug-likeness (QED) is 0.422. The molecule has 0 aromatic carbocycles. The number of hydrogen-bond acceptors (Lipinski definition) is 10. The number of pyridine rings is 1. The van der Waals surface area contributed by atoms with Crippen LogP contribution in [0, 0.1) is 12.7 Å². The Kier molecular flexibility index (Phi) is 7.14. The van der Waals surface area contributed by atoms with Gasteiger partial charge >= 0.3 is 0 Å². The number of thiophene rings is 1. The second kappa shape index (κ2) is 10.2. The molecule has 0 bridgehead atoms. The first kappa shape index (κ1) is 25.3. The number of ether oxygens (including phenoxy) is 2. The van der Waals surface area contributed by atoms with Gasteiger partial charge in [0.15, 0.2) is 11.6 Å². The monoisotopic (exact) mass is 534 g/mol. The molecule has 9 nitrogen and oxygen atoms in total. The number of aromatic nitrogens is 2. The van der Waals surface area contributed by atoms with E-state index >= 15 is 4.39 Å². The van der Waals surface area contributed by atoms with Crippen molar-refractivity contribution in [1.82, 2.24) is 15.3 Å². The summed E-state index contributed by atoms with van der Waals surface area (Å²) < 4.78 is 27.1. The molecule has 194 valence electrons. The van der Waals surface area contributed by atoms with Crippen LogP contribution in [0.3, 0.4) is 0 Å². The summed E-state index contributed by atoms with van der Waals surface area (Å²) in [5, 5.41) is 4.00. The van der Waals surface area contributed by atoms with Crippen LogP contribution in [0.5, 0.6) is 0 Å². The maximum atomic E-state index is 15.2. The third-order valence-corrected chi connectivity index (χ3v) is 9.04. The first-order valence-electron chi connectivity index (χ1n) is 12.0. The molecule has 4 unspecified atom stereocenters. The summed E-state index contributed by atoms with van der Waals surface area (Å²) >= 11 is 2.80. The Labute approximate surface area is 217 Å². The highest BCUT2D eigenvalue weighted by molar-refractivity contribution is 7.29. The minimum atomic E-state index is -0.386. The molecule has 1 amide bonds. The molecule has 1 aliphatic heterocycles. The molecule has 0 saturated carbocycles. The van der Waals surface area contributed by atoms with E-state index < -0.39 is 0 Å². The molecule has 0 spiro atoms. The van der Waals surface area contributed by atoms with Crippen molar-refractivity contribution in [3.8, 4) is 0 Å². The molecule has 12 heteroatoms. The topological polar surface area (TPSA) is 129 Å². The number of hydrogen-bond donors (Lipinski definition) is 3. The van der Waals surface area contributed by atoms with E-state index in [-0.39, 0.29) is 36.0 Å². The lowest BCUT2D eigenvalue weighted by Crippen LogP contribution is -2.39. The molecular weight excluding hydrogens is 503 g/mol. The number of nitrogens with two attached hydrogens (primary N) is 2. The summed E-state index contributed by atoms with van der Waals surface area (Å²) in [7, 11) is 1.63. The summed E-state index contributed by atoms with van der Waals surface area (Å²) in [5.74, 6) is -0.284. The van der Waals surface area contributed by atoms with Gasteiger partial charge in [-0.1, -0.05) is 0 Å². The molecule has 1 aliphatic carbocycles. The highest BCUT2D eigenvalue weighted by Crippen LogP contribution is 2.37. The molecular formula is C24H31FN6O3S2. The zero-order valence-corrected chi connectivity index (χ0v) is 22.2. The number of methoxy groups -OCH3 is 1. The number of fused-ring (bicyclic) bond motifs is 2. The Morgan fingerprint density at radius 3 is 2.92 bits per heavy atom. The number of anilines is 2. The highest BCUT2D eigenvalue weighted by Gasteiger charge is 2.34. The van der Waals surface area contributed by atoms with Gasteiger partial charge in [-0.05, 0) is 44.7 Å². The fourth-order valence-corrected chi connectivity index (χ4v) is 6.86. The average Bonchev–Trinajstić information content (AvgIpc) is 3.49. The summed E-state index contributed by atoms with van der Waals surface area (Å²) in [6.45, 7) is 5.23. The second-order valence-corrected chi connectivity index (χ2v) is 11.7. The van der Waals surface area contributed by atoms with Crippen molar-refractivity contribution in [3.63, 3.8) is 0 Å². The van der Waals surface area contributed by atoms with Crippen LogP contribution in [-0.2, 0) is 22.3 Å². The zero-order chi connectivity index (χ0) is 25.6. The van der Waals surface area contributed by atoms with Gasteiger partial charge in [-0.25, -0.2) is 14.4 Å².